The first kappa shape index (κ1) is 26.1. The molecule has 0 aliphatic heterocycles. The van der Waals surface area contributed by atoms with Crippen LogP contribution in [0.2, 0.25) is 0 Å². The molecule has 3 nitrogen and oxygen atoms in total. The first-order valence-electron chi connectivity index (χ1n) is 15.4. The Bertz CT molecular complexity index is 2440. The maximum absolute atomic E-state index is 9.92. The third-order valence-electron chi connectivity index (χ3n) is 9.11. The van der Waals surface area contributed by atoms with Crippen LogP contribution in [0.4, 0.5) is 0 Å². The molecule has 1 aromatic heterocycles. The number of nitrogens with zero attached hydrogens (tertiary/aromatic N) is 3. The molecule has 0 N–H and O–H groups in total. The van der Waals surface area contributed by atoms with Crippen LogP contribution < -0.4 is 0 Å². The van der Waals surface area contributed by atoms with Gasteiger partial charge in [0.05, 0.1) is 23.0 Å². The highest BCUT2D eigenvalue weighted by molar-refractivity contribution is 6.23. The van der Waals surface area contributed by atoms with Crippen molar-refractivity contribution >= 4 is 21.5 Å². The topological polar surface area (TPSA) is 49.6 Å². The van der Waals surface area contributed by atoms with Gasteiger partial charge in [-0.3, -0.25) is 0 Å². The molecule has 1 aliphatic rings. The first-order valence-corrected chi connectivity index (χ1v) is 15.4. The van der Waals surface area contributed by atoms with Crippen LogP contribution in [-0.4, -0.2) is 9.97 Å². The molecule has 0 spiro atoms. The predicted octanol–water partition coefficient (Wildman–Crippen LogP) is 11.0. The van der Waals surface area contributed by atoms with E-state index in [9.17, 15) is 5.26 Å². The second-order valence-corrected chi connectivity index (χ2v) is 11.6. The lowest BCUT2D eigenvalue weighted by atomic mass is 9.87. The number of fused-ring (bicyclic) bond motifs is 4. The SMILES string of the molecule is N#Cc1ccc(-c2ccc3c4c(ccc(-c5cc(-c6ccccc6)nc(-c6ccccc6)n5)c24)-c2ccccc2-3)c2ccccc12. The van der Waals surface area contributed by atoms with Gasteiger partial charge in [-0.05, 0) is 56.3 Å². The van der Waals surface area contributed by atoms with Crippen molar-refractivity contribution in [3.8, 4) is 73.4 Å². The number of hydrogen-bond donors (Lipinski definition) is 0. The van der Waals surface area contributed by atoms with Gasteiger partial charge in [0.2, 0.25) is 0 Å². The Balaban J connectivity index is 1.40. The molecule has 46 heavy (non-hydrogen) atoms. The van der Waals surface area contributed by atoms with E-state index in [1.807, 2.05) is 60.7 Å². The van der Waals surface area contributed by atoms with Gasteiger partial charge in [0.25, 0.3) is 0 Å². The molecular weight excluding hydrogens is 558 g/mol. The van der Waals surface area contributed by atoms with Crippen LogP contribution in [0.5, 0.6) is 0 Å². The molecule has 9 rings (SSSR count). The molecular formula is C43H25N3. The minimum Gasteiger partial charge on any atom is -0.228 e. The van der Waals surface area contributed by atoms with Gasteiger partial charge in [-0.2, -0.15) is 5.26 Å². The fourth-order valence-corrected chi connectivity index (χ4v) is 7.02. The van der Waals surface area contributed by atoms with Crippen molar-refractivity contribution in [3.05, 3.63) is 157 Å². The largest absolute Gasteiger partial charge is 0.228 e. The maximum Gasteiger partial charge on any atom is 0.160 e. The summed E-state index contributed by atoms with van der Waals surface area (Å²) in [5.74, 6) is 0.689. The summed E-state index contributed by atoms with van der Waals surface area (Å²) in [6.45, 7) is 0. The first-order chi connectivity index (χ1) is 22.8. The van der Waals surface area contributed by atoms with E-state index in [1.54, 1.807) is 0 Å². The molecule has 0 fully saturated rings. The quantitative estimate of drug-likeness (QED) is 0.207. The van der Waals surface area contributed by atoms with Crippen molar-refractivity contribution in [2.45, 2.75) is 0 Å². The molecule has 0 saturated carbocycles. The van der Waals surface area contributed by atoms with Crippen LogP contribution in [-0.2, 0) is 0 Å². The van der Waals surface area contributed by atoms with Crippen LogP contribution in [0.1, 0.15) is 5.56 Å². The van der Waals surface area contributed by atoms with Crippen molar-refractivity contribution in [3.63, 3.8) is 0 Å². The highest BCUT2D eigenvalue weighted by Gasteiger charge is 2.26. The lowest BCUT2D eigenvalue weighted by Gasteiger charge is -2.17. The van der Waals surface area contributed by atoms with Crippen molar-refractivity contribution < 1.29 is 0 Å². The Morgan fingerprint density at radius 2 is 0.891 bits per heavy atom. The van der Waals surface area contributed by atoms with Gasteiger partial charge in [-0.25, -0.2) is 9.97 Å². The molecule has 8 aromatic rings. The normalized spacial score (nSPS) is 11.5. The van der Waals surface area contributed by atoms with Crippen LogP contribution in [0.3, 0.4) is 0 Å². The van der Waals surface area contributed by atoms with Crippen molar-refractivity contribution in [2.75, 3.05) is 0 Å². The van der Waals surface area contributed by atoms with E-state index in [1.165, 1.54) is 27.6 Å². The second-order valence-electron chi connectivity index (χ2n) is 11.6. The summed E-state index contributed by atoms with van der Waals surface area (Å²) in [6, 6.07) is 54.9. The second kappa shape index (κ2) is 10.4. The van der Waals surface area contributed by atoms with Gasteiger partial charge < -0.3 is 0 Å². The fourth-order valence-electron chi connectivity index (χ4n) is 7.02. The minimum absolute atomic E-state index is 0.675. The number of aromatic nitrogens is 2. The highest BCUT2D eigenvalue weighted by atomic mass is 14.9. The van der Waals surface area contributed by atoms with Gasteiger partial charge >= 0.3 is 0 Å². The molecule has 0 amide bonds. The molecule has 3 heteroatoms. The lowest BCUT2D eigenvalue weighted by Crippen LogP contribution is -1.97. The van der Waals surface area contributed by atoms with Crippen molar-refractivity contribution in [2.24, 2.45) is 0 Å². The van der Waals surface area contributed by atoms with Crippen LogP contribution in [0.25, 0.3) is 88.8 Å². The Morgan fingerprint density at radius 1 is 0.391 bits per heavy atom. The summed E-state index contributed by atoms with van der Waals surface area (Å²) < 4.78 is 0. The summed E-state index contributed by atoms with van der Waals surface area (Å²) >= 11 is 0. The van der Waals surface area contributed by atoms with E-state index >= 15 is 0 Å². The average Bonchev–Trinajstić information content (AvgIpc) is 3.46. The monoisotopic (exact) mass is 583 g/mol. The van der Waals surface area contributed by atoms with Crippen LogP contribution >= 0.6 is 0 Å². The predicted molar refractivity (Wildman–Crippen MR) is 188 cm³/mol. The van der Waals surface area contributed by atoms with Gasteiger partial charge in [-0.15, -0.1) is 0 Å². The van der Waals surface area contributed by atoms with Gasteiger partial charge in [-0.1, -0.05) is 140 Å². The van der Waals surface area contributed by atoms with Crippen molar-refractivity contribution in [1.82, 2.24) is 9.97 Å². The Labute approximate surface area is 266 Å². The van der Waals surface area contributed by atoms with E-state index in [0.717, 1.165) is 55.4 Å². The number of nitriles is 1. The minimum atomic E-state index is 0.675. The molecule has 1 heterocycles. The maximum atomic E-state index is 9.92. The third kappa shape index (κ3) is 3.98. The highest BCUT2D eigenvalue weighted by Crippen LogP contribution is 2.52. The zero-order valence-corrected chi connectivity index (χ0v) is 24.8. The van der Waals surface area contributed by atoms with Gasteiger partial charge in [0.1, 0.15) is 0 Å². The summed E-state index contributed by atoms with van der Waals surface area (Å²) in [5.41, 5.74) is 12.6. The standard InChI is InChI=1S/C43H25N3/c44-26-29-19-20-34(31-16-8-7-15-30(29)31)37-22-21-35-32-17-9-10-18-33(32)36-23-24-38(42(37)41(35)36)40-25-39(27-11-3-1-4-12-27)45-43(46-40)28-13-5-2-6-14-28/h1-25H. The number of benzene rings is 7. The molecule has 1 aliphatic carbocycles. The van der Waals surface area contributed by atoms with E-state index < -0.39 is 0 Å². The lowest BCUT2D eigenvalue weighted by molar-refractivity contribution is 1.18. The molecule has 0 saturated heterocycles. The fraction of sp³-hybridized carbons (Fsp3) is 0. The Morgan fingerprint density at radius 3 is 1.57 bits per heavy atom. The zero-order chi connectivity index (χ0) is 30.6. The summed E-state index contributed by atoms with van der Waals surface area (Å²) in [4.78, 5) is 10.3. The third-order valence-corrected chi connectivity index (χ3v) is 9.11. The summed E-state index contributed by atoms with van der Waals surface area (Å²) in [7, 11) is 0. The van der Waals surface area contributed by atoms with E-state index in [-0.39, 0.29) is 0 Å². The average molecular weight is 584 g/mol. The summed E-state index contributed by atoms with van der Waals surface area (Å²) in [6.07, 6.45) is 0. The summed E-state index contributed by atoms with van der Waals surface area (Å²) in [5, 5.41) is 14.3. The Kier molecular flexibility index (Phi) is 5.88. The molecule has 212 valence electrons. The molecule has 0 atom stereocenters. The van der Waals surface area contributed by atoms with Crippen LogP contribution in [0, 0.1) is 11.3 Å². The molecule has 7 aromatic carbocycles. The van der Waals surface area contributed by atoms with E-state index in [0.29, 0.717) is 11.4 Å². The number of rotatable bonds is 4. The van der Waals surface area contributed by atoms with Crippen LogP contribution in [0.15, 0.2) is 152 Å². The zero-order valence-electron chi connectivity index (χ0n) is 24.8. The van der Waals surface area contributed by atoms with Crippen molar-refractivity contribution in [1.29, 1.82) is 5.26 Å². The molecule has 0 bridgehead atoms. The number of hydrogen-bond acceptors (Lipinski definition) is 3. The van der Waals surface area contributed by atoms with E-state index in [2.05, 4.69) is 97.1 Å². The Hall–Kier alpha value is -6.37. The smallest absolute Gasteiger partial charge is 0.160 e. The van der Waals surface area contributed by atoms with Gasteiger partial charge in [0.15, 0.2) is 5.82 Å². The molecule has 0 radical (unpaired) electrons. The van der Waals surface area contributed by atoms with E-state index in [4.69, 9.17) is 9.97 Å². The molecule has 0 unspecified atom stereocenters. The van der Waals surface area contributed by atoms with Gasteiger partial charge in [0, 0.05) is 27.5 Å².